The molecule has 3 heterocycles. The molecule has 7 nitrogen and oxygen atoms in total. The number of rotatable bonds is 7. The second-order valence-corrected chi connectivity index (χ2v) is 8.61. The minimum Gasteiger partial charge on any atom is -0.496 e. The normalized spacial score (nSPS) is 14.2. The Morgan fingerprint density at radius 2 is 1.91 bits per heavy atom. The third-order valence-corrected chi connectivity index (χ3v) is 6.44. The summed E-state index contributed by atoms with van der Waals surface area (Å²) < 4.78 is 5.34. The second-order valence-electron chi connectivity index (χ2n) is 7.75. The van der Waals surface area contributed by atoms with E-state index in [1.54, 1.807) is 13.3 Å². The van der Waals surface area contributed by atoms with E-state index in [-0.39, 0.29) is 24.3 Å². The molecule has 3 aromatic rings. The van der Waals surface area contributed by atoms with E-state index in [1.807, 2.05) is 52.7 Å². The molecule has 0 unspecified atom stereocenters. The van der Waals surface area contributed by atoms with Crippen molar-refractivity contribution < 1.29 is 14.3 Å². The van der Waals surface area contributed by atoms with E-state index in [0.29, 0.717) is 19.5 Å². The molecule has 166 valence electrons. The zero-order valence-electron chi connectivity index (χ0n) is 18.0. The van der Waals surface area contributed by atoms with Crippen molar-refractivity contribution in [1.29, 1.82) is 0 Å². The Morgan fingerprint density at radius 3 is 2.66 bits per heavy atom. The SMILES string of the molecule is COc1ccccc1CC(=O)N1CCC(NC(=O)Cc2csc(-c3ccccn3)n2)CC1. The highest BCUT2D eigenvalue weighted by atomic mass is 32.1. The number of hydrogen-bond donors (Lipinski definition) is 1. The van der Waals surface area contributed by atoms with Crippen molar-refractivity contribution >= 4 is 23.2 Å². The lowest BCUT2D eigenvalue weighted by atomic mass is 10.0. The number of thiazole rings is 1. The maximum Gasteiger partial charge on any atom is 0.227 e. The zero-order valence-corrected chi connectivity index (χ0v) is 18.8. The average molecular weight is 451 g/mol. The fraction of sp³-hybridized carbons (Fsp3) is 0.333. The molecular formula is C24H26N4O3S. The molecule has 0 radical (unpaired) electrons. The van der Waals surface area contributed by atoms with Crippen LogP contribution in [0.2, 0.25) is 0 Å². The number of nitrogens with zero attached hydrogens (tertiary/aromatic N) is 3. The summed E-state index contributed by atoms with van der Waals surface area (Å²) in [5.74, 6) is 0.779. The Hall–Kier alpha value is -3.26. The number of para-hydroxylation sites is 1. The van der Waals surface area contributed by atoms with E-state index in [9.17, 15) is 9.59 Å². The lowest BCUT2D eigenvalue weighted by Crippen LogP contribution is -2.47. The number of ether oxygens (including phenoxy) is 1. The molecular weight excluding hydrogens is 424 g/mol. The van der Waals surface area contributed by atoms with Gasteiger partial charge < -0.3 is 15.0 Å². The Bertz CT molecular complexity index is 1060. The van der Waals surface area contributed by atoms with Crippen molar-refractivity contribution in [1.82, 2.24) is 20.2 Å². The van der Waals surface area contributed by atoms with E-state index < -0.39 is 0 Å². The molecule has 2 amide bonds. The summed E-state index contributed by atoms with van der Waals surface area (Å²) in [6.07, 6.45) is 3.80. The van der Waals surface area contributed by atoms with Gasteiger partial charge in [-0.25, -0.2) is 4.98 Å². The van der Waals surface area contributed by atoms with Gasteiger partial charge in [-0.3, -0.25) is 14.6 Å². The Kier molecular flexibility index (Phi) is 7.11. The molecule has 1 N–H and O–H groups in total. The van der Waals surface area contributed by atoms with Crippen LogP contribution in [0.5, 0.6) is 5.75 Å². The number of pyridine rings is 1. The van der Waals surface area contributed by atoms with Crippen molar-refractivity contribution in [3.05, 3.63) is 65.3 Å². The van der Waals surface area contributed by atoms with Gasteiger partial charge in [-0.05, 0) is 31.0 Å². The first-order valence-electron chi connectivity index (χ1n) is 10.7. The van der Waals surface area contributed by atoms with Gasteiger partial charge in [0.05, 0.1) is 31.3 Å². The molecule has 1 aromatic carbocycles. The molecule has 1 aliphatic heterocycles. The second kappa shape index (κ2) is 10.4. The van der Waals surface area contributed by atoms with Gasteiger partial charge in [0.25, 0.3) is 0 Å². The average Bonchev–Trinajstić information content (AvgIpc) is 3.28. The zero-order chi connectivity index (χ0) is 22.3. The van der Waals surface area contributed by atoms with Crippen molar-refractivity contribution in [2.24, 2.45) is 0 Å². The van der Waals surface area contributed by atoms with Crippen molar-refractivity contribution in [2.45, 2.75) is 31.7 Å². The molecule has 0 spiro atoms. The first-order chi connectivity index (χ1) is 15.6. The highest BCUT2D eigenvalue weighted by Crippen LogP contribution is 2.22. The number of nitrogens with one attached hydrogen (secondary N) is 1. The van der Waals surface area contributed by atoms with Crippen LogP contribution < -0.4 is 10.1 Å². The summed E-state index contributed by atoms with van der Waals surface area (Å²) in [5.41, 5.74) is 2.45. The number of amides is 2. The fourth-order valence-electron chi connectivity index (χ4n) is 3.84. The van der Waals surface area contributed by atoms with Crippen LogP contribution in [-0.2, 0) is 22.4 Å². The van der Waals surface area contributed by atoms with Crippen molar-refractivity contribution in [2.75, 3.05) is 20.2 Å². The Morgan fingerprint density at radius 1 is 1.12 bits per heavy atom. The number of hydrogen-bond acceptors (Lipinski definition) is 6. The minimum atomic E-state index is -0.0401. The molecule has 2 aromatic heterocycles. The standard InChI is InChI=1S/C24H26N4O3S/c1-31-21-8-3-2-6-17(21)14-23(30)28-12-9-18(10-13-28)26-22(29)15-19-16-32-24(27-19)20-7-4-5-11-25-20/h2-8,11,16,18H,9-10,12-15H2,1H3,(H,26,29). The van der Waals surface area contributed by atoms with Gasteiger partial charge in [0.1, 0.15) is 10.8 Å². The number of piperidine rings is 1. The van der Waals surface area contributed by atoms with Gasteiger partial charge >= 0.3 is 0 Å². The number of aromatic nitrogens is 2. The highest BCUT2D eigenvalue weighted by Gasteiger charge is 2.24. The Balaban J connectivity index is 1.24. The third kappa shape index (κ3) is 5.50. The molecule has 0 saturated carbocycles. The van der Waals surface area contributed by atoms with E-state index in [1.165, 1.54) is 11.3 Å². The van der Waals surface area contributed by atoms with Gasteiger partial charge in [-0.2, -0.15) is 0 Å². The maximum atomic E-state index is 12.7. The maximum absolute atomic E-state index is 12.7. The molecule has 1 saturated heterocycles. The first kappa shape index (κ1) is 22.0. The van der Waals surface area contributed by atoms with Crippen LogP contribution in [0.25, 0.3) is 10.7 Å². The predicted octanol–water partition coefficient (Wildman–Crippen LogP) is 3.11. The summed E-state index contributed by atoms with van der Waals surface area (Å²) in [6.45, 7) is 1.28. The van der Waals surface area contributed by atoms with Crippen LogP contribution in [0.3, 0.4) is 0 Å². The van der Waals surface area contributed by atoms with Crippen molar-refractivity contribution in [3.8, 4) is 16.5 Å². The number of carbonyl (C=O) groups excluding carboxylic acids is 2. The van der Waals surface area contributed by atoms with Crippen molar-refractivity contribution in [3.63, 3.8) is 0 Å². The summed E-state index contributed by atoms with van der Waals surface area (Å²) in [5, 5.41) is 5.82. The lowest BCUT2D eigenvalue weighted by Gasteiger charge is -2.32. The van der Waals surface area contributed by atoms with Crippen LogP contribution >= 0.6 is 11.3 Å². The van der Waals surface area contributed by atoms with E-state index in [0.717, 1.165) is 40.6 Å². The smallest absolute Gasteiger partial charge is 0.227 e. The molecule has 0 atom stereocenters. The molecule has 1 fully saturated rings. The van der Waals surface area contributed by atoms with E-state index >= 15 is 0 Å². The fourth-order valence-corrected chi connectivity index (χ4v) is 4.63. The summed E-state index contributed by atoms with van der Waals surface area (Å²) in [4.78, 5) is 35.9. The number of methoxy groups -OCH3 is 1. The van der Waals surface area contributed by atoms with E-state index in [2.05, 4.69) is 15.3 Å². The Labute approximate surface area is 191 Å². The first-order valence-corrected chi connectivity index (χ1v) is 11.5. The number of likely N-dealkylation sites (tertiary alicyclic amines) is 1. The van der Waals surface area contributed by atoms with Crippen LogP contribution in [-0.4, -0.2) is 52.9 Å². The monoisotopic (exact) mass is 450 g/mol. The van der Waals surface area contributed by atoms with Crippen LogP contribution in [0.4, 0.5) is 0 Å². The van der Waals surface area contributed by atoms with Crippen LogP contribution in [0, 0.1) is 0 Å². The summed E-state index contributed by atoms with van der Waals surface area (Å²) >= 11 is 1.49. The quantitative estimate of drug-likeness (QED) is 0.598. The highest BCUT2D eigenvalue weighted by molar-refractivity contribution is 7.13. The van der Waals surface area contributed by atoms with Gasteiger partial charge in [0.2, 0.25) is 11.8 Å². The molecule has 4 rings (SSSR count). The van der Waals surface area contributed by atoms with Crippen LogP contribution in [0.1, 0.15) is 24.1 Å². The summed E-state index contributed by atoms with van der Waals surface area (Å²) in [6, 6.07) is 13.4. The van der Waals surface area contributed by atoms with Gasteiger partial charge in [-0.15, -0.1) is 11.3 Å². The largest absolute Gasteiger partial charge is 0.496 e. The number of carbonyl (C=O) groups is 2. The van der Waals surface area contributed by atoms with E-state index in [4.69, 9.17) is 4.74 Å². The minimum absolute atomic E-state index is 0.0401. The van der Waals surface area contributed by atoms with Gasteiger partial charge in [-0.1, -0.05) is 24.3 Å². The van der Waals surface area contributed by atoms with Crippen LogP contribution in [0.15, 0.2) is 54.0 Å². The molecule has 32 heavy (non-hydrogen) atoms. The molecule has 0 aliphatic carbocycles. The van der Waals surface area contributed by atoms with Gasteiger partial charge in [0, 0.05) is 36.3 Å². The lowest BCUT2D eigenvalue weighted by molar-refractivity contribution is -0.131. The topological polar surface area (TPSA) is 84.4 Å². The molecule has 8 heteroatoms. The number of benzene rings is 1. The summed E-state index contributed by atoms with van der Waals surface area (Å²) in [7, 11) is 1.61. The third-order valence-electron chi connectivity index (χ3n) is 5.52. The molecule has 1 aliphatic rings. The predicted molar refractivity (Wildman–Crippen MR) is 123 cm³/mol. The molecule has 0 bridgehead atoms. The van der Waals surface area contributed by atoms with Gasteiger partial charge in [0.15, 0.2) is 0 Å².